The van der Waals surface area contributed by atoms with E-state index in [9.17, 15) is 4.79 Å². The van der Waals surface area contributed by atoms with E-state index in [0.29, 0.717) is 6.42 Å². The highest BCUT2D eigenvalue weighted by Gasteiger charge is 2.10. The van der Waals surface area contributed by atoms with Crippen molar-refractivity contribution >= 4 is 13.9 Å². The van der Waals surface area contributed by atoms with Crippen molar-refractivity contribution in [1.82, 2.24) is 0 Å². The van der Waals surface area contributed by atoms with Crippen molar-refractivity contribution in [2.75, 3.05) is 0 Å². The molecule has 2 heteroatoms. The van der Waals surface area contributed by atoms with Gasteiger partial charge in [0.1, 0.15) is 8.07 Å². The van der Waals surface area contributed by atoms with Gasteiger partial charge in [-0.25, -0.2) is 0 Å². The molecule has 0 N–H and O–H groups in total. The summed E-state index contributed by atoms with van der Waals surface area (Å²) in [4.78, 5) is 11.6. The van der Waals surface area contributed by atoms with Gasteiger partial charge in [-0.15, -0.1) is 5.54 Å². The first-order chi connectivity index (χ1) is 6.97. The van der Waals surface area contributed by atoms with Crippen LogP contribution in [0, 0.1) is 11.5 Å². The summed E-state index contributed by atoms with van der Waals surface area (Å²) in [5.41, 5.74) is 4.43. The largest absolute Gasteiger partial charge is 0.285 e. The lowest BCUT2D eigenvalue weighted by atomic mass is 9.96. The van der Waals surface area contributed by atoms with E-state index in [1.54, 1.807) is 0 Å². The summed E-state index contributed by atoms with van der Waals surface area (Å²) in [5.74, 6) is 2.90. The molecule has 82 valence electrons. The van der Waals surface area contributed by atoms with Crippen molar-refractivity contribution in [1.29, 1.82) is 0 Å². The van der Waals surface area contributed by atoms with Gasteiger partial charge in [0.25, 0.3) is 0 Å². The molecule has 0 aliphatic heterocycles. The number of Topliss-reactive ketones (excluding diaryl/α,β-unsaturated/α-hetero) is 1. The van der Waals surface area contributed by atoms with E-state index in [2.05, 4.69) is 37.2 Å². The molecule has 0 radical (unpaired) electrons. The van der Waals surface area contributed by atoms with Crippen LogP contribution in [0.5, 0.6) is 0 Å². The molecule has 1 aliphatic rings. The highest BCUT2D eigenvalue weighted by Crippen LogP contribution is 2.19. The first-order valence-corrected chi connectivity index (χ1v) is 9.21. The fourth-order valence-electron chi connectivity index (χ4n) is 1.57. The Morgan fingerprint density at radius 3 is 2.67 bits per heavy atom. The SMILES string of the molecule is C[Si](C)(C)C#CC(=O)CC1=CCCCC1. The molecule has 0 saturated carbocycles. The number of ketones is 1. The van der Waals surface area contributed by atoms with Crippen LogP contribution in [0.4, 0.5) is 0 Å². The van der Waals surface area contributed by atoms with Crippen molar-refractivity contribution in [3.8, 4) is 11.5 Å². The Bertz CT molecular complexity index is 323. The zero-order valence-corrected chi connectivity index (χ0v) is 11.0. The van der Waals surface area contributed by atoms with Gasteiger partial charge in [-0.1, -0.05) is 31.3 Å². The van der Waals surface area contributed by atoms with Gasteiger partial charge in [-0.05, 0) is 31.6 Å². The lowest BCUT2D eigenvalue weighted by molar-refractivity contribution is -0.113. The number of allylic oxidation sites excluding steroid dienone is 2. The van der Waals surface area contributed by atoms with Crippen LogP contribution in [0.2, 0.25) is 19.6 Å². The fraction of sp³-hybridized carbons (Fsp3) is 0.615. The second-order valence-electron chi connectivity index (χ2n) is 5.21. The van der Waals surface area contributed by atoms with E-state index in [-0.39, 0.29) is 5.78 Å². The monoisotopic (exact) mass is 220 g/mol. The lowest BCUT2D eigenvalue weighted by Gasteiger charge is -2.10. The normalized spacial score (nSPS) is 16.3. The van der Waals surface area contributed by atoms with Gasteiger partial charge in [0, 0.05) is 6.42 Å². The van der Waals surface area contributed by atoms with Crippen molar-refractivity contribution in [3.63, 3.8) is 0 Å². The molecule has 1 nitrogen and oxygen atoms in total. The molecular weight excluding hydrogens is 200 g/mol. The van der Waals surface area contributed by atoms with Gasteiger partial charge >= 0.3 is 0 Å². The van der Waals surface area contributed by atoms with Crippen molar-refractivity contribution < 1.29 is 4.79 Å². The van der Waals surface area contributed by atoms with Gasteiger partial charge in [0.2, 0.25) is 5.78 Å². The number of carbonyl (C=O) groups excluding carboxylic acids is 1. The molecule has 0 heterocycles. The third-order valence-corrected chi connectivity index (χ3v) is 3.22. The molecule has 0 saturated heterocycles. The van der Waals surface area contributed by atoms with Crippen molar-refractivity contribution in [2.45, 2.75) is 51.7 Å². The van der Waals surface area contributed by atoms with Crippen LogP contribution in [0.25, 0.3) is 0 Å². The second-order valence-corrected chi connectivity index (χ2v) is 9.96. The summed E-state index contributed by atoms with van der Waals surface area (Å²) in [6.45, 7) is 6.48. The topological polar surface area (TPSA) is 17.1 Å². The molecule has 0 amide bonds. The third-order valence-electron chi connectivity index (χ3n) is 2.35. The Kier molecular flexibility index (Phi) is 4.35. The number of hydrogen-bond donors (Lipinski definition) is 0. The second kappa shape index (κ2) is 5.32. The summed E-state index contributed by atoms with van der Waals surface area (Å²) in [5, 5.41) is 0. The van der Waals surface area contributed by atoms with Crippen molar-refractivity contribution in [2.24, 2.45) is 0 Å². The van der Waals surface area contributed by atoms with E-state index in [1.165, 1.54) is 18.4 Å². The van der Waals surface area contributed by atoms with Gasteiger partial charge in [0.05, 0.1) is 0 Å². The summed E-state index contributed by atoms with van der Waals surface area (Å²) < 4.78 is 0. The molecule has 0 aromatic rings. The van der Waals surface area contributed by atoms with Gasteiger partial charge in [-0.2, -0.15) is 0 Å². The molecule has 0 bridgehead atoms. The number of rotatable bonds is 2. The van der Waals surface area contributed by atoms with E-state index in [4.69, 9.17) is 0 Å². The summed E-state index contributed by atoms with van der Waals surface area (Å²) in [6, 6.07) is 0. The molecule has 0 spiro atoms. The molecule has 1 aliphatic carbocycles. The average Bonchev–Trinajstić information content (AvgIpc) is 2.15. The maximum Gasteiger partial charge on any atom is 0.208 e. The van der Waals surface area contributed by atoms with Crippen LogP contribution in [-0.2, 0) is 4.79 Å². The van der Waals surface area contributed by atoms with E-state index < -0.39 is 8.07 Å². The Hall–Kier alpha value is -0.813. The zero-order chi connectivity index (χ0) is 11.3. The minimum Gasteiger partial charge on any atom is -0.285 e. The maximum atomic E-state index is 11.6. The summed E-state index contributed by atoms with van der Waals surface area (Å²) >= 11 is 0. The number of carbonyl (C=O) groups is 1. The van der Waals surface area contributed by atoms with Gasteiger partial charge in [-0.3, -0.25) is 4.79 Å². The molecule has 0 unspecified atom stereocenters. The predicted molar refractivity (Wildman–Crippen MR) is 67.3 cm³/mol. The Labute approximate surface area is 94.0 Å². The standard InChI is InChI=1S/C13H20OSi/c1-15(2,3)10-9-13(14)11-12-7-5-4-6-8-12/h7H,4-6,8,11H2,1-3H3. The first kappa shape index (κ1) is 12.3. The van der Waals surface area contributed by atoms with E-state index in [1.807, 2.05) is 0 Å². The van der Waals surface area contributed by atoms with Crippen LogP contribution in [-0.4, -0.2) is 13.9 Å². The van der Waals surface area contributed by atoms with Crippen molar-refractivity contribution in [3.05, 3.63) is 11.6 Å². The molecule has 1 rings (SSSR count). The molecule has 0 aromatic heterocycles. The quantitative estimate of drug-likeness (QED) is 0.396. The zero-order valence-electron chi connectivity index (χ0n) is 10.0. The minimum atomic E-state index is -1.39. The highest BCUT2D eigenvalue weighted by atomic mass is 28.3. The molecule has 0 atom stereocenters. The van der Waals surface area contributed by atoms with E-state index in [0.717, 1.165) is 12.8 Å². The Balaban J connectivity index is 2.48. The lowest BCUT2D eigenvalue weighted by Crippen LogP contribution is -2.17. The van der Waals surface area contributed by atoms with E-state index >= 15 is 0 Å². The van der Waals surface area contributed by atoms with Crippen LogP contribution in [0.1, 0.15) is 32.1 Å². The van der Waals surface area contributed by atoms with Gasteiger partial charge < -0.3 is 0 Å². The van der Waals surface area contributed by atoms with Crippen LogP contribution in [0.15, 0.2) is 11.6 Å². The van der Waals surface area contributed by atoms with Gasteiger partial charge in [0.15, 0.2) is 0 Å². The average molecular weight is 220 g/mol. The minimum absolute atomic E-state index is 0.102. The summed E-state index contributed by atoms with van der Waals surface area (Å²) in [6.07, 6.45) is 7.54. The molecule has 0 fully saturated rings. The predicted octanol–water partition coefficient (Wildman–Crippen LogP) is 3.33. The molecular formula is C13H20OSi. The fourth-order valence-corrected chi connectivity index (χ4v) is 2.09. The first-order valence-electron chi connectivity index (χ1n) is 5.71. The Morgan fingerprint density at radius 2 is 2.13 bits per heavy atom. The smallest absolute Gasteiger partial charge is 0.208 e. The maximum absolute atomic E-state index is 11.6. The number of hydrogen-bond acceptors (Lipinski definition) is 1. The Morgan fingerprint density at radius 1 is 1.40 bits per heavy atom. The highest BCUT2D eigenvalue weighted by molar-refractivity contribution is 6.84. The van der Waals surface area contributed by atoms with Crippen LogP contribution >= 0.6 is 0 Å². The summed E-state index contributed by atoms with van der Waals surface area (Å²) in [7, 11) is -1.39. The molecule has 15 heavy (non-hydrogen) atoms. The van der Waals surface area contributed by atoms with Crippen LogP contribution in [0.3, 0.4) is 0 Å². The third kappa shape index (κ3) is 5.59. The molecule has 0 aromatic carbocycles. The van der Waals surface area contributed by atoms with Crippen LogP contribution < -0.4 is 0 Å².